The molecule has 0 radical (unpaired) electrons. The monoisotopic (exact) mass is 843 g/mol. The van der Waals surface area contributed by atoms with Crippen molar-refractivity contribution in [2.75, 3.05) is 40.9 Å². The largest absolute Gasteiger partial charge is 0.756 e. The summed E-state index contributed by atoms with van der Waals surface area (Å²) in [5.74, 6) is -0.174. The van der Waals surface area contributed by atoms with Crippen LogP contribution in [0.2, 0.25) is 0 Å². The molecule has 3 atom stereocenters. The van der Waals surface area contributed by atoms with Gasteiger partial charge in [-0.15, -0.1) is 0 Å². The molecule has 0 aromatic rings. The molecule has 0 aliphatic carbocycles. The number of nitrogens with zero attached hydrogens (tertiary/aromatic N) is 1. The van der Waals surface area contributed by atoms with Gasteiger partial charge in [0, 0.05) is 6.42 Å². The molecule has 3 unspecified atom stereocenters. The number of aliphatic hydroxyl groups excluding tert-OH is 1. The lowest BCUT2D eigenvalue weighted by molar-refractivity contribution is -0.870. The molecule has 0 spiro atoms. The quantitative estimate of drug-likeness (QED) is 0.0273. The number of aliphatic hydroxyl groups is 1. The normalized spacial score (nSPS) is 14.3. The number of likely N-dealkylation sites (N-methyl/N-ethyl adjacent to an activating group) is 1. The van der Waals surface area contributed by atoms with Crippen molar-refractivity contribution in [3.8, 4) is 0 Å². The van der Waals surface area contributed by atoms with E-state index in [9.17, 15) is 19.4 Å². The van der Waals surface area contributed by atoms with E-state index >= 15 is 0 Å². The lowest BCUT2D eigenvalue weighted by Crippen LogP contribution is -2.46. The Hall–Kier alpha value is -0.760. The number of carbonyl (C=O) groups is 1. The second kappa shape index (κ2) is 41.6. The smallest absolute Gasteiger partial charge is 0.268 e. The molecular formula is C49H99N2O6P. The average molecular weight is 843 g/mol. The van der Waals surface area contributed by atoms with Gasteiger partial charge < -0.3 is 28.8 Å². The van der Waals surface area contributed by atoms with E-state index in [1.54, 1.807) is 0 Å². The molecule has 0 rings (SSSR count). The Morgan fingerprint density at radius 2 is 0.983 bits per heavy atom. The number of phosphoric ester groups is 1. The van der Waals surface area contributed by atoms with Crippen molar-refractivity contribution in [2.45, 2.75) is 257 Å². The molecule has 9 heteroatoms. The van der Waals surface area contributed by atoms with Crippen molar-refractivity contribution in [1.82, 2.24) is 5.32 Å². The number of allylic oxidation sites excluding steroid dienone is 2. The van der Waals surface area contributed by atoms with Crippen molar-refractivity contribution in [3.63, 3.8) is 0 Å². The molecule has 346 valence electrons. The molecule has 0 saturated carbocycles. The minimum Gasteiger partial charge on any atom is -0.756 e. The maximum Gasteiger partial charge on any atom is 0.268 e. The first-order valence-corrected chi connectivity index (χ1v) is 26.5. The molecule has 58 heavy (non-hydrogen) atoms. The second-order valence-electron chi connectivity index (χ2n) is 18.5. The zero-order chi connectivity index (χ0) is 42.8. The zero-order valence-electron chi connectivity index (χ0n) is 39.3. The van der Waals surface area contributed by atoms with Crippen LogP contribution in [0.15, 0.2) is 12.2 Å². The van der Waals surface area contributed by atoms with Crippen LogP contribution in [0.5, 0.6) is 0 Å². The number of rotatable bonds is 46. The topological polar surface area (TPSA) is 108 Å². The zero-order valence-corrected chi connectivity index (χ0v) is 40.2. The van der Waals surface area contributed by atoms with Gasteiger partial charge in [-0.05, 0) is 32.1 Å². The molecule has 0 saturated heterocycles. The molecule has 0 bridgehead atoms. The number of phosphoric acid groups is 1. The van der Waals surface area contributed by atoms with E-state index in [-0.39, 0.29) is 19.1 Å². The van der Waals surface area contributed by atoms with Crippen molar-refractivity contribution in [2.24, 2.45) is 0 Å². The number of hydrogen-bond donors (Lipinski definition) is 2. The van der Waals surface area contributed by atoms with Gasteiger partial charge in [0.1, 0.15) is 13.2 Å². The fourth-order valence-electron chi connectivity index (χ4n) is 7.51. The standard InChI is InChI=1S/C49H99N2O6P/c1-6-8-10-12-14-16-18-19-20-21-22-23-24-25-26-27-28-29-30-31-32-33-34-36-38-40-42-48(52)47(46-57-58(54,55)56-45-44-51(3,4)5)50-49(53)43-41-39-37-35-17-15-13-11-9-7-2/h11,13,47-48,52H,6-10,12,14-46H2,1-5H3,(H-,50,53,54,55)/b13-11-. The van der Waals surface area contributed by atoms with Gasteiger partial charge >= 0.3 is 0 Å². The molecule has 0 fully saturated rings. The Kier molecular flexibility index (Phi) is 41.0. The maximum absolute atomic E-state index is 12.8. The van der Waals surface area contributed by atoms with E-state index in [1.807, 2.05) is 21.1 Å². The highest BCUT2D eigenvalue weighted by atomic mass is 31.2. The minimum absolute atomic E-state index is 0.0124. The van der Waals surface area contributed by atoms with Crippen molar-refractivity contribution in [1.29, 1.82) is 0 Å². The van der Waals surface area contributed by atoms with Gasteiger partial charge in [0.25, 0.3) is 7.82 Å². The van der Waals surface area contributed by atoms with E-state index in [4.69, 9.17) is 9.05 Å². The first-order chi connectivity index (χ1) is 28.0. The highest BCUT2D eigenvalue weighted by molar-refractivity contribution is 7.45. The molecule has 0 aromatic heterocycles. The van der Waals surface area contributed by atoms with Crippen LogP contribution in [0.1, 0.15) is 245 Å². The highest BCUT2D eigenvalue weighted by Crippen LogP contribution is 2.38. The summed E-state index contributed by atoms with van der Waals surface area (Å²) in [5, 5.41) is 13.9. The summed E-state index contributed by atoms with van der Waals surface area (Å²) in [6.45, 7) is 4.67. The second-order valence-corrected chi connectivity index (χ2v) is 19.9. The SMILES string of the molecule is CCC/C=C\CCCCCCCC(=O)NC(COP(=O)([O-])OCC[N+](C)(C)C)C(O)CCCCCCCCCCCCCCCCCCCCCCCCCCCC. The Bertz CT molecular complexity index is 958. The molecule has 2 N–H and O–H groups in total. The Morgan fingerprint density at radius 1 is 0.586 bits per heavy atom. The third-order valence-corrected chi connectivity index (χ3v) is 12.4. The fourth-order valence-corrected chi connectivity index (χ4v) is 8.24. The van der Waals surface area contributed by atoms with E-state index in [0.29, 0.717) is 23.9 Å². The van der Waals surface area contributed by atoms with Crippen LogP contribution in [-0.2, 0) is 18.4 Å². The van der Waals surface area contributed by atoms with Crippen LogP contribution in [0, 0.1) is 0 Å². The fraction of sp³-hybridized carbons (Fsp3) is 0.939. The van der Waals surface area contributed by atoms with Crippen LogP contribution >= 0.6 is 7.82 Å². The summed E-state index contributed by atoms with van der Waals surface area (Å²) in [6.07, 6.45) is 48.2. The molecule has 0 aliphatic heterocycles. The van der Waals surface area contributed by atoms with Gasteiger partial charge in [0.2, 0.25) is 5.91 Å². The first-order valence-electron chi connectivity index (χ1n) is 25.0. The summed E-state index contributed by atoms with van der Waals surface area (Å²) in [5.41, 5.74) is 0. The molecule has 0 aliphatic rings. The van der Waals surface area contributed by atoms with E-state index in [0.717, 1.165) is 57.8 Å². The Balaban J connectivity index is 4.08. The van der Waals surface area contributed by atoms with Gasteiger partial charge in [-0.3, -0.25) is 9.36 Å². The van der Waals surface area contributed by atoms with Gasteiger partial charge in [0.15, 0.2) is 0 Å². The van der Waals surface area contributed by atoms with Crippen molar-refractivity contribution >= 4 is 13.7 Å². The summed E-state index contributed by atoms with van der Waals surface area (Å²) in [7, 11) is 1.31. The van der Waals surface area contributed by atoms with Gasteiger partial charge in [-0.2, -0.15) is 0 Å². The third-order valence-electron chi connectivity index (χ3n) is 11.5. The van der Waals surface area contributed by atoms with Crippen LogP contribution in [-0.4, -0.2) is 68.5 Å². The third kappa shape index (κ3) is 43.3. The number of unbranched alkanes of at least 4 members (excludes halogenated alkanes) is 31. The van der Waals surface area contributed by atoms with Gasteiger partial charge in [0.05, 0.1) is 39.9 Å². The van der Waals surface area contributed by atoms with Crippen LogP contribution < -0.4 is 10.2 Å². The predicted molar refractivity (Wildman–Crippen MR) is 247 cm³/mol. The van der Waals surface area contributed by atoms with E-state index in [1.165, 1.54) is 161 Å². The van der Waals surface area contributed by atoms with Crippen LogP contribution in [0.3, 0.4) is 0 Å². The number of carbonyl (C=O) groups excluding carboxylic acids is 1. The average Bonchev–Trinajstić information content (AvgIpc) is 3.17. The molecule has 1 amide bonds. The Morgan fingerprint density at radius 3 is 1.41 bits per heavy atom. The lowest BCUT2D eigenvalue weighted by Gasteiger charge is -2.30. The highest BCUT2D eigenvalue weighted by Gasteiger charge is 2.24. The van der Waals surface area contributed by atoms with Crippen LogP contribution in [0.4, 0.5) is 0 Å². The van der Waals surface area contributed by atoms with Crippen molar-refractivity contribution in [3.05, 3.63) is 12.2 Å². The van der Waals surface area contributed by atoms with Gasteiger partial charge in [-0.1, -0.05) is 219 Å². The first kappa shape index (κ1) is 57.2. The summed E-state index contributed by atoms with van der Waals surface area (Å²) in [4.78, 5) is 25.3. The number of amides is 1. The summed E-state index contributed by atoms with van der Waals surface area (Å²) < 4.78 is 23.3. The Labute approximate surface area is 361 Å². The predicted octanol–water partition coefficient (Wildman–Crippen LogP) is 13.7. The summed E-state index contributed by atoms with van der Waals surface area (Å²) in [6, 6.07) is -0.800. The van der Waals surface area contributed by atoms with E-state index < -0.39 is 20.0 Å². The lowest BCUT2D eigenvalue weighted by atomic mass is 10.0. The molecule has 8 nitrogen and oxygen atoms in total. The number of nitrogens with one attached hydrogen (secondary N) is 1. The molecule has 0 aromatic carbocycles. The van der Waals surface area contributed by atoms with E-state index in [2.05, 4.69) is 31.3 Å². The van der Waals surface area contributed by atoms with Crippen LogP contribution in [0.25, 0.3) is 0 Å². The minimum atomic E-state index is -4.56. The maximum atomic E-state index is 12.8. The number of hydrogen-bond acceptors (Lipinski definition) is 6. The number of quaternary nitrogens is 1. The molecular weight excluding hydrogens is 744 g/mol. The van der Waals surface area contributed by atoms with Crippen molar-refractivity contribution < 1.29 is 32.9 Å². The van der Waals surface area contributed by atoms with Gasteiger partial charge in [-0.25, -0.2) is 0 Å². The molecule has 0 heterocycles. The summed E-state index contributed by atoms with van der Waals surface area (Å²) >= 11 is 0.